The van der Waals surface area contributed by atoms with Crippen molar-refractivity contribution in [2.24, 2.45) is 5.73 Å². The maximum Gasteiger partial charge on any atom is 0.250 e. The summed E-state index contributed by atoms with van der Waals surface area (Å²) in [7, 11) is 2.15. The average Bonchev–Trinajstić information content (AvgIpc) is 2.75. The molecule has 0 bridgehead atoms. The number of ether oxygens (including phenoxy) is 1. The van der Waals surface area contributed by atoms with Crippen LogP contribution in [0.1, 0.15) is 47.7 Å². The van der Waals surface area contributed by atoms with Gasteiger partial charge in [0.15, 0.2) is 0 Å². The fourth-order valence-electron chi connectivity index (χ4n) is 3.91. The first kappa shape index (κ1) is 19.4. The number of aromatic nitrogens is 1. The zero-order chi connectivity index (χ0) is 20.2. The molecular formula is C24H27N3O2. The van der Waals surface area contributed by atoms with Crippen LogP contribution in [0.25, 0.3) is 11.3 Å². The number of allylic oxidation sites excluding steroid dienone is 3. The molecule has 1 aromatic carbocycles. The van der Waals surface area contributed by atoms with E-state index in [0.29, 0.717) is 17.2 Å². The molecule has 5 heteroatoms. The van der Waals surface area contributed by atoms with Crippen molar-refractivity contribution in [1.29, 1.82) is 0 Å². The lowest BCUT2D eigenvalue weighted by atomic mass is 9.92. The van der Waals surface area contributed by atoms with Gasteiger partial charge in [-0.1, -0.05) is 6.08 Å². The van der Waals surface area contributed by atoms with Crippen LogP contribution in [-0.2, 0) is 0 Å². The van der Waals surface area contributed by atoms with Crippen molar-refractivity contribution < 1.29 is 9.53 Å². The third kappa shape index (κ3) is 4.57. The molecule has 1 saturated heterocycles. The van der Waals surface area contributed by atoms with Gasteiger partial charge < -0.3 is 15.4 Å². The van der Waals surface area contributed by atoms with Gasteiger partial charge in [0.1, 0.15) is 11.5 Å². The molecule has 2 aliphatic rings. The van der Waals surface area contributed by atoms with Crippen LogP contribution < -0.4 is 10.5 Å². The first-order valence-corrected chi connectivity index (χ1v) is 10.2. The van der Waals surface area contributed by atoms with Gasteiger partial charge >= 0.3 is 0 Å². The molecule has 4 rings (SSSR count). The number of pyridine rings is 1. The highest BCUT2D eigenvalue weighted by Gasteiger charge is 2.22. The molecule has 1 amide bonds. The molecule has 0 saturated carbocycles. The second kappa shape index (κ2) is 8.62. The lowest BCUT2D eigenvalue weighted by Gasteiger charge is -2.28. The molecule has 1 fully saturated rings. The summed E-state index contributed by atoms with van der Waals surface area (Å²) in [6.45, 7) is 2.13. The van der Waals surface area contributed by atoms with Gasteiger partial charge in [0.25, 0.3) is 5.91 Å². The SMILES string of the molecule is CN1CCC(c2ccc(C(N)=O)c(-c3ccc(OC4=CCCC=C4)cc3)n2)CC1. The molecule has 2 aromatic rings. The number of carbonyl (C=O) groups is 1. The van der Waals surface area contributed by atoms with E-state index in [1.54, 1.807) is 0 Å². The number of benzene rings is 1. The Hall–Kier alpha value is -2.92. The molecule has 29 heavy (non-hydrogen) atoms. The van der Waals surface area contributed by atoms with Crippen LogP contribution >= 0.6 is 0 Å². The van der Waals surface area contributed by atoms with Gasteiger partial charge in [0.2, 0.25) is 0 Å². The highest BCUT2D eigenvalue weighted by molar-refractivity contribution is 5.98. The fourth-order valence-corrected chi connectivity index (χ4v) is 3.91. The minimum absolute atomic E-state index is 0.416. The zero-order valence-electron chi connectivity index (χ0n) is 16.8. The molecule has 150 valence electrons. The molecule has 1 aliphatic heterocycles. The molecule has 1 aromatic heterocycles. The van der Waals surface area contributed by atoms with E-state index in [4.69, 9.17) is 15.5 Å². The Labute approximate surface area is 171 Å². The van der Waals surface area contributed by atoms with Crippen molar-refractivity contribution >= 4 is 5.91 Å². The highest BCUT2D eigenvalue weighted by Crippen LogP contribution is 2.31. The van der Waals surface area contributed by atoms with Crippen LogP contribution in [0.15, 0.2) is 60.4 Å². The van der Waals surface area contributed by atoms with Crippen molar-refractivity contribution in [3.63, 3.8) is 0 Å². The first-order valence-electron chi connectivity index (χ1n) is 10.2. The minimum Gasteiger partial charge on any atom is -0.458 e. The second-order valence-corrected chi connectivity index (χ2v) is 7.79. The molecule has 1 aliphatic carbocycles. The minimum atomic E-state index is -0.458. The molecule has 0 unspecified atom stereocenters. The quantitative estimate of drug-likeness (QED) is 0.829. The fraction of sp³-hybridized carbons (Fsp3) is 0.333. The summed E-state index contributed by atoms with van der Waals surface area (Å²) in [4.78, 5) is 19.2. The van der Waals surface area contributed by atoms with Crippen LogP contribution in [0.3, 0.4) is 0 Å². The highest BCUT2D eigenvalue weighted by atomic mass is 16.5. The number of nitrogens with two attached hydrogens (primary N) is 1. The number of hydrogen-bond donors (Lipinski definition) is 1. The van der Waals surface area contributed by atoms with Crippen LogP contribution in [0.2, 0.25) is 0 Å². The number of carbonyl (C=O) groups excluding carboxylic acids is 1. The Morgan fingerprint density at radius 2 is 1.86 bits per heavy atom. The summed E-state index contributed by atoms with van der Waals surface area (Å²) in [5.74, 6) is 1.59. The smallest absolute Gasteiger partial charge is 0.250 e. The summed E-state index contributed by atoms with van der Waals surface area (Å²) < 4.78 is 5.91. The van der Waals surface area contributed by atoms with E-state index in [2.05, 4.69) is 24.1 Å². The van der Waals surface area contributed by atoms with Gasteiger partial charge in [-0.05, 0) is 94.4 Å². The summed E-state index contributed by atoms with van der Waals surface area (Å²) >= 11 is 0. The van der Waals surface area contributed by atoms with E-state index in [1.165, 1.54) is 0 Å². The molecular weight excluding hydrogens is 362 g/mol. The van der Waals surface area contributed by atoms with E-state index >= 15 is 0 Å². The molecule has 0 spiro atoms. The maximum absolute atomic E-state index is 12.0. The Kier molecular flexibility index (Phi) is 5.76. The van der Waals surface area contributed by atoms with Crippen LogP contribution in [0.4, 0.5) is 0 Å². The van der Waals surface area contributed by atoms with Gasteiger partial charge in [-0.25, -0.2) is 0 Å². The predicted octanol–water partition coefficient (Wildman–Crippen LogP) is 4.27. The van der Waals surface area contributed by atoms with Crippen molar-refractivity contribution in [2.75, 3.05) is 20.1 Å². The van der Waals surface area contributed by atoms with E-state index in [9.17, 15) is 4.79 Å². The standard InChI is InChI=1S/C24H27N3O2/c1-27-15-13-17(14-16-27)22-12-11-21(24(25)28)23(26-22)18-7-9-20(10-8-18)29-19-5-3-2-4-6-19/h3,5-12,17H,2,4,13-16H2,1H3,(H2,25,28). The number of amides is 1. The molecule has 2 heterocycles. The summed E-state index contributed by atoms with van der Waals surface area (Å²) in [6.07, 6.45) is 10.4. The number of primary amides is 1. The van der Waals surface area contributed by atoms with Crippen molar-refractivity contribution in [2.45, 2.75) is 31.6 Å². The van der Waals surface area contributed by atoms with E-state index in [-0.39, 0.29) is 0 Å². The maximum atomic E-state index is 12.0. The Morgan fingerprint density at radius 3 is 2.52 bits per heavy atom. The topological polar surface area (TPSA) is 68.5 Å². The summed E-state index contributed by atoms with van der Waals surface area (Å²) in [6, 6.07) is 11.5. The largest absolute Gasteiger partial charge is 0.458 e. The Balaban J connectivity index is 1.60. The molecule has 0 radical (unpaired) electrons. The number of rotatable bonds is 5. The van der Waals surface area contributed by atoms with Gasteiger partial charge in [-0.2, -0.15) is 0 Å². The summed E-state index contributed by atoms with van der Waals surface area (Å²) in [5, 5.41) is 0. The van der Waals surface area contributed by atoms with Gasteiger partial charge in [-0.15, -0.1) is 0 Å². The van der Waals surface area contributed by atoms with E-state index in [1.807, 2.05) is 42.5 Å². The lowest BCUT2D eigenvalue weighted by Crippen LogP contribution is -2.29. The zero-order valence-corrected chi connectivity index (χ0v) is 16.8. The van der Waals surface area contributed by atoms with E-state index in [0.717, 1.165) is 61.5 Å². The van der Waals surface area contributed by atoms with Crippen LogP contribution in [-0.4, -0.2) is 35.9 Å². The predicted molar refractivity (Wildman–Crippen MR) is 115 cm³/mol. The monoisotopic (exact) mass is 389 g/mol. The third-order valence-corrected chi connectivity index (χ3v) is 5.64. The number of nitrogens with zero attached hydrogens (tertiary/aromatic N) is 2. The van der Waals surface area contributed by atoms with Crippen molar-refractivity contribution in [3.05, 3.63) is 71.6 Å². The second-order valence-electron chi connectivity index (χ2n) is 7.79. The van der Waals surface area contributed by atoms with E-state index < -0.39 is 5.91 Å². The van der Waals surface area contributed by atoms with Crippen LogP contribution in [0.5, 0.6) is 5.75 Å². The molecule has 2 N–H and O–H groups in total. The van der Waals surface area contributed by atoms with Gasteiger partial charge in [0.05, 0.1) is 11.3 Å². The Morgan fingerprint density at radius 1 is 1.10 bits per heavy atom. The van der Waals surface area contributed by atoms with Gasteiger partial charge in [0, 0.05) is 17.2 Å². The van der Waals surface area contributed by atoms with Gasteiger partial charge in [-0.3, -0.25) is 9.78 Å². The lowest BCUT2D eigenvalue weighted by molar-refractivity contribution is 0.100. The van der Waals surface area contributed by atoms with Crippen molar-refractivity contribution in [3.8, 4) is 17.0 Å². The van der Waals surface area contributed by atoms with Crippen LogP contribution in [0, 0.1) is 0 Å². The first-order chi connectivity index (χ1) is 14.1. The third-order valence-electron chi connectivity index (χ3n) is 5.64. The molecule has 0 atom stereocenters. The Bertz CT molecular complexity index is 939. The van der Waals surface area contributed by atoms with Crippen molar-refractivity contribution in [1.82, 2.24) is 9.88 Å². The molecule has 5 nitrogen and oxygen atoms in total. The number of likely N-dealkylation sites (tertiary alicyclic amines) is 1. The number of piperidine rings is 1. The normalized spacial score (nSPS) is 17.8. The number of hydrogen-bond acceptors (Lipinski definition) is 4. The summed E-state index contributed by atoms with van der Waals surface area (Å²) in [5.41, 5.74) is 8.64. The average molecular weight is 389 g/mol.